The number of carbonyl (C=O) groups is 1. The molecule has 0 aromatic carbocycles. The molecule has 100 valence electrons. The van der Waals surface area contributed by atoms with Crippen molar-refractivity contribution in [3.05, 3.63) is 29.6 Å². The Balaban J connectivity index is 2.66. The summed E-state index contributed by atoms with van der Waals surface area (Å²) in [7, 11) is 0. The van der Waals surface area contributed by atoms with Crippen molar-refractivity contribution in [2.24, 2.45) is 0 Å². The first-order valence-corrected chi connectivity index (χ1v) is 6.02. The summed E-state index contributed by atoms with van der Waals surface area (Å²) in [6, 6.07) is 5.65. The van der Waals surface area contributed by atoms with Gasteiger partial charge in [0.2, 0.25) is 0 Å². The van der Waals surface area contributed by atoms with Crippen molar-refractivity contribution in [2.45, 2.75) is 26.2 Å². The van der Waals surface area contributed by atoms with Crippen LogP contribution in [0.25, 0.3) is 6.08 Å². The fraction of sp³-hybridized carbons (Fsp3) is 0.357. The van der Waals surface area contributed by atoms with Crippen molar-refractivity contribution in [1.29, 1.82) is 5.26 Å². The minimum atomic E-state index is -1.02. The number of rotatable bonds is 7. The number of carboxylic acids is 1. The lowest BCUT2D eigenvalue weighted by Crippen LogP contribution is -2.01. The first-order chi connectivity index (χ1) is 9.13. The molecule has 0 bridgehead atoms. The van der Waals surface area contributed by atoms with Gasteiger partial charge in [0, 0.05) is 18.2 Å². The topological polar surface area (TPSA) is 83.2 Å². The lowest BCUT2D eigenvalue weighted by molar-refractivity contribution is -0.131. The minimum Gasteiger partial charge on any atom is -0.491 e. The average Bonchev–Trinajstić information content (AvgIpc) is 2.38. The Morgan fingerprint density at radius 1 is 1.53 bits per heavy atom. The molecular formula is C14H16N2O3. The van der Waals surface area contributed by atoms with Crippen LogP contribution in [0.15, 0.2) is 18.2 Å². The van der Waals surface area contributed by atoms with Crippen LogP contribution in [0, 0.1) is 18.3 Å². The summed E-state index contributed by atoms with van der Waals surface area (Å²) in [6.07, 6.45) is 4.53. The maximum atomic E-state index is 10.5. The Hall–Kier alpha value is -2.35. The second-order valence-corrected chi connectivity index (χ2v) is 3.97. The first-order valence-electron chi connectivity index (χ1n) is 6.02. The maximum Gasteiger partial charge on any atom is 0.328 e. The molecule has 0 fully saturated rings. The van der Waals surface area contributed by atoms with Gasteiger partial charge in [0.1, 0.15) is 11.4 Å². The molecule has 5 nitrogen and oxygen atoms in total. The first kappa shape index (κ1) is 14.7. The Morgan fingerprint density at radius 2 is 2.32 bits per heavy atom. The molecule has 0 aliphatic carbocycles. The highest BCUT2D eigenvalue weighted by Crippen LogP contribution is 2.19. The van der Waals surface area contributed by atoms with Gasteiger partial charge in [-0.15, -0.1) is 0 Å². The van der Waals surface area contributed by atoms with Crippen molar-refractivity contribution in [3.63, 3.8) is 0 Å². The number of nitriles is 1. The van der Waals surface area contributed by atoms with Gasteiger partial charge in [0.25, 0.3) is 0 Å². The molecule has 1 rings (SSSR count). The maximum absolute atomic E-state index is 10.5. The second kappa shape index (κ2) is 7.88. The Morgan fingerprint density at radius 3 is 3.00 bits per heavy atom. The molecule has 19 heavy (non-hydrogen) atoms. The second-order valence-electron chi connectivity index (χ2n) is 3.97. The van der Waals surface area contributed by atoms with Crippen LogP contribution in [0.5, 0.6) is 5.75 Å². The summed E-state index contributed by atoms with van der Waals surface area (Å²) in [4.78, 5) is 14.7. The van der Waals surface area contributed by atoms with E-state index in [1.165, 1.54) is 6.08 Å². The molecule has 0 aliphatic heterocycles. The van der Waals surface area contributed by atoms with Crippen LogP contribution in [0.3, 0.4) is 0 Å². The number of hydrogen-bond acceptors (Lipinski definition) is 4. The predicted octanol–water partition coefficient (Wildman–Crippen LogP) is 2.56. The van der Waals surface area contributed by atoms with Crippen molar-refractivity contribution in [3.8, 4) is 11.8 Å². The van der Waals surface area contributed by atoms with Gasteiger partial charge >= 0.3 is 5.97 Å². The van der Waals surface area contributed by atoms with Crippen molar-refractivity contribution < 1.29 is 14.6 Å². The van der Waals surface area contributed by atoms with Gasteiger partial charge in [-0.25, -0.2) is 9.78 Å². The highest BCUT2D eigenvalue weighted by Gasteiger charge is 2.03. The average molecular weight is 260 g/mol. The van der Waals surface area contributed by atoms with Gasteiger partial charge in [-0.2, -0.15) is 5.26 Å². The number of nitrogens with zero attached hydrogens (tertiary/aromatic N) is 2. The fourth-order valence-corrected chi connectivity index (χ4v) is 1.44. The Labute approximate surface area is 112 Å². The van der Waals surface area contributed by atoms with E-state index in [1.54, 1.807) is 6.07 Å². The molecule has 5 heteroatoms. The largest absolute Gasteiger partial charge is 0.491 e. The summed E-state index contributed by atoms with van der Waals surface area (Å²) < 4.78 is 5.55. The van der Waals surface area contributed by atoms with E-state index in [0.717, 1.165) is 24.6 Å². The summed E-state index contributed by atoms with van der Waals surface area (Å²) >= 11 is 0. The van der Waals surface area contributed by atoms with E-state index < -0.39 is 5.97 Å². The zero-order chi connectivity index (χ0) is 14.1. The molecule has 1 N–H and O–H groups in total. The zero-order valence-electron chi connectivity index (χ0n) is 10.8. The van der Waals surface area contributed by atoms with Crippen LogP contribution < -0.4 is 4.74 Å². The number of unbranched alkanes of at least 4 members (excludes halogenated alkanes) is 2. The van der Waals surface area contributed by atoms with Crippen molar-refractivity contribution in [2.75, 3.05) is 6.61 Å². The van der Waals surface area contributed by atoms with Crippen LogP contribution in [0.2, 0.25) is 0 Å². The molecule has 0 aliphatic rings. The molecule has 1 aromatic rings. The van der Waals surface area contributed by atoms with E-state index in [1.807, 2.05) is 13.0 Å². The van der Waals surface area contributed by atoms with Crippen LogP contribution in [-0.4, -0.2) is 22.7 Å². The third-order valence-corrected chi connectivity index (χ3v) is 2.35. The van der Waals surface area contributed by atoms with Gasteiger partial charge in [-0.05, 0) is 38.0 Å². The SMILES string of the molecule is Cc1ccc(OCCCCC#N)c(C=CC(=O)O)n1. The molecule has 0 unspecified atom stereocenters. The molecule has 0 amide bonds. The number of ether oxygens (including phenoxy) is 1. The Kier molecular flexibility index (Phi) is 6.10. The molecule has 1 aromatic heterocycles. The highest BCUT2D eigenvalue weighted by atomic mass is 16.5. The molecule has 0 saturated heterocycles. The van der Waals surface area contributed by atoms with Gasteiger partial charge in [0.15, 0.2) is 0 Å². The van der Waals surface area contributed by atoms with Gasteiger partial charge in [-0.1, -0.05) is 0 Å². The number of hydrogen-bond donors (Lipinski definition) is 1. The van der Waals surface area contributed by atoms with Gasteiger partial charge in [-0.3, -0.25) is 0 Å². The van der Waals surface area contributed by atoms with Crippen LogP contribution in [0.4, 0.5) is 0 Å². The van der Waals surface area contributed by atoms with Gasteiger partial charge < -0.3 is 9.84 Å². The van der Waals surface area contributed by atoms with Crippen LogP contribution in [0.1, 0.15) is 30.7 Å². The summed E-state index contributed by atoms with van der Waals surface area (Å²) in [5.41, 5.74) is 1.30. The quantitative estimate of drug-likeness (QED) is 0.601. The standard InChI is InChI=1S/C14H16N2O3/c1-11-5-7-13(19-10-4-2-3-9-15)12(16-11)6-8-14(17)18/h5-8H,2-4,10H2,1H3,(H,17,18). The fourth-order valence-electron chi connectivity index (χ4n) is 1.44. The smallest absolute Gasteiger partial charge is 0.328 e. The number of aromatic nitrogens is 1. The van der Waals surface area contributed by atoms with E-state index in [0.29, 0.717) is 24.5 Å². The van der Waals surface area contributed by atoms with Gasteiger partial charge in [0.05, 0.1) is 12.7 Å². The minimum absolute atomic E-state index is 0.486. The van der Waals surface area contributed by atoms with Crippen molar-refractivity contribution in [1.82, 2.24) is 4.98 Å². The van der Waals surface area contributed by atoms with Crippen molar-refractivity contribution >= 4 is 12.0 Å². The lowest BCUT2D eigenvalue weighted by atomic mass is 10.2. The van der Waals surface area contributed by atoms with E-state index in [9.17, 15) is 4.79 Å². The molecule has 0 spiro atoms. The summed E-state index contributed by atoms with van der Waals surface area (Å²) in [5.74, 6) is -0.469. The van der Waals surface area contributed by atoms with E-state index in [4.69, 9.17) is 15.1 Å². The number of pyridine rings is 1. The number of aliphatic carboxylic acids is 1. The van der Waals surface area contributed by atoms with Crippen LogP contribution in [-0.2, 0) is 4.79 Å². The lowest BCUT2D eigenvalue weighted by Gasteiger charge is -2.08. The zero-order valence-corrected chi connectivity index (χ0v) is 10.8. The molecule has 0 atom stereocenters. The highest BCUT2D eigenvalue weighted by molar-refractivity contribution is 5.85. The van der Waals surface area contributed by atoms with Crippen LogP contribution >= 0.6 is 0 Å². The summed E-state index contributed by atoms with van der Waals surface area (Å²) in [6.45, 7) is 2.31. The normalized spacial score (nSPS) is 10.3. The number of carboxylic acid groups (broad SMARTS) is 1. The molecular weight excluding hydrogens is 244 g/mol. The Bertz CT molecular complexity index is 504. The molecule has 1 heterocycles. The van der Waals surface area contributed by atoms with E-state index in [2.05, 4.69) is 11.1 Å². The predicted molar refractivity (Wildman–Crippen MR) is 70.6 cm³/mol. The summed E-state index contributed by atoms with van der Waals surface area (Å²) in [5, 5.41) is 17.0. The third kappa shape index (κ3) is 5.68. The third-order valence-electron chi connectivity index (χ3n) is 2.35. The molecule has 0 saturated carbocycles. The number of aryl methyl sites for hydroxylation is 1. The van der Waals surface area contributed by atoms with E-state index >= 15 is 0 Å². The van der Waals surface area contributed by atoms with E-state index in [-0.39, 0.29) is 0 Å². The molecule has 0 radical (unpaired) electrons. The monoisotopic (exact) mass is 260 g/mol.